The monoisotopic (exact) mass is 227 g/mol. The van der Waals surface area contributed by atoms with Gasteiger partial charge >= 0.3 is 0 Å². The molecule has 16 heavy (non-hydrogen) atoms. The Morgan fingerprint density at radius 1 is 0.938 bits per heavy atom. The van der Waals surface area contributed by atoms with Crippen molar-refractivity contribution in [3.8, 4) is 0 Å². The van der Waals surface area contributed by atoms with Crippen LogP contribution in [-0.4, -0.2) is 55.6 Å². The third-order valence-electron chi connectivity index (χ3n) is 3.27. The summed E-state index contributed by atoms with van der Waals surface area (Å²) in [5.41, 5.74) is 5.49. The summed E-state index contributed by atoms with van der Waals surface area (Å²) in [4.78, 5) is 5.20. The van der Waals surface area contributed by atoms with Gasteiger partial charge in [-0.2, -0.15) is 0 Å². The smallest absolute Gasteiger partial charge is 0.0110 e. The molecule has 1 saturated heterocycles. The lowest BCUT2D eigenvalue weighted by Gasteiger charge is -2.35. The van der Waals surface area contributed by atoms with Crippen LogP contribution in [-0.2, 0) is 0 Å². The van der Waals surface area contributed by atoms with Gasteiger partial charge in [0, 0.05) is 32.7 Å². The van der Waals surface area contributed by atoms with Crippen LogP contribution in [0, 0.1) is 5.92 Å². The quantitative estimate of drug-likeness (QED) is 0.667. The van der Waals surface area contributed by atoms with E-state index >= 15 is 0 Å². The number of hydrogen-bond donors (Lipinski definition) is 1. The molecule has 0 radical (unpaired) electrons. The summed E-state index contributed by atoms with van der Waals surface area (Å²) < 4.78 is 0. The minimum absolute atomic E-state index is 0.802. The van der Waals surface area contributed by atoms with Gasteiger partial charge < -0.3 is 15.5 Å². The molecule has 0 saturated carbocycles. The van der Waals surface area contributed by atoms with E-state index in [1.165, 1.54) is 58.5 Å². The van der Waals surface area contributed by atoms with E-state index in [4.69, 9.17) is 5.73 Å². The number of unbranched alkanes of at least 4 members (excludes halogenated alkanes) is 2. The summed E-state index contributed by atoms with van der Waals surface area (Å²) in [7, 11) is 0. The first-order chi connectivity index (χ1) is 7.72. The van der Waals surface area contributed by atoms with E-state index in [0.717, 1.165) is 12.5 Å². The number of hydrogen-bond acceptors (Lipinski definition) is 3. The average Bonchev–Trinajstić information content (AvgIpc) is 2.26. The lowest BCUT2D eigenvalue weighted by molar-refractivity contribution is 0.121. The molecule has 0 bridgehead atoms. The average molecular weight is 227 g/mol. The molecule has 2 N–H and O–H groups in total. The molecular weight excluding hydrogens is 198 g/mol. The fourth-order valence-corrected chi connectivity index (χ4v) is 2.37. The first-order valence-corrected chi connectivity index (χ1v) is 6.87. The van der Waals surface area contributed by atoms with Gasteiger partial charge in [0.15, 0.2) is 0 Å². The molecule has 1 fully saturated rings. The Morgan fingerprint density at radius 2 is 1.56 bits per heavy atom. The van der Waals surface area contributed by atoms with Crippen LogP contribution in [0.5, 0.6) is 0 Å². The van der Waals surface area contributed by atoms with Crippen LogP contribution in [0.25, 0.3) is 0 Å². The molecule has 0 atom stereocenters. The zero-order valence-electron chi connectivity index (χ0n) is 11.1. The lowest BCUT2D eigenvalue weighted by atomic mass is 10.2. The second-order valence-corrected chi connectivity index (χ2v) is 5.39. The van der Waals surface area contributed by atoms with Gasteiger partial charge in [-0.15, -0.1) is 0 Å². The fourth-order valence-electron chi connectivity index (χ4n) is 2.37. The maximum atomic E-state index is 5.49. The second kappa shape index (κ2) is 8.04. The Balaban J connectivity index is 2.03. The highest BCUT2D eigenvalue weighted by molar-refractivity contribution is 4.72. The van der Waals surface area contributed by atoms with Gasteiger partial charge in [-0.1, -0.05) is 20.3 Å². The normalized spacial score (nSPS) is 19.5. The summed E-state index contributed by atoms with van der Waals surface area (Å²) in [5.74, 6) is 0.802. The molecule has 0 aromatic rings. The molecular formula is C13H29N3. The lowest BCUT2D eigenvalue weighted by Crippen LogP contribution is -2.47. The molecule has 96 valence electrons. The number of nitrogens with two attached hydrogens (primary N) is 1. The highest BCUT2D eigenvalue weighted by atomic mass is 15.3. The second-order valence-electron chi connectivity index (χ2n) is 5.39. The van der Waals surface area contributed by atoms with Gasteiger partial charge in [0.05, 0.1) is 0 Å². The van der Waals surface area contributed by atoms with Crippen LogP contribution in [0.2, 0.25) is 0 Å². The van der Waals surface area contributed by atoms with E-state index < -0.39 is 0 Å². The first kappa shape index (κ1) is 13.9. The molecule has 1 rings (SSSR count). The van der Waals surface area contributed by atoms with Crippen molar-refractivity contribution in [2.75, 3.05) is 45.8 Å². The first-order valence-electron chi connectivity index (χ1n) is 6.87. The zero-order valence-corrected chi connectivity index (χ0v) is 11.1. The SMILES string of the molecule is CC(C)CN1CCN(CCCCCN)CC1. The van der Waals surface area contributed by atoms with Crippen LogP contribution in [0.4, 0.5) is 0 Å². The predicted molar refractivity (Wildman–Crippen MR) is 70.6 cm³/mol. The number of rotatable bonds is 7. The number of nitrogens with zero attached hydrogens (tertiary/aromatic N) is 2. The standard InChI is InChI=1S/C13H29N3/c1-13(2)12-16-10-8-15(9-11-16)7-5-3-4-6-14/h13H,3-12,14H2,1-2H3. The molecule has 1 heterocycles. The van der Waals surface area contributed by atoms with Gasteiger partial charge in [-0.05, 0) is 31.8 Å². The minimum atomic E-state index is 0.802. The van der Waals surface area contributed by atoms with Gasteiger partial charge in [0.25, 0.3) is 0 Å². The van der Waals surface area contributed by atoms with Crippen molar-refractivity contribution in [3.63, 3.8) is 0 Å². The Hall–Kier alpha value is -0.120. The molecule has 1 aliphatic rings. The molecule has 0 amide bonds. The molecule has 0 unspecified atom stereocenters. The van der Waals surface area contributed by atoms with E-state index in [-0.39, 0.29) is 0 Å². The van der Waals surface area contributed by atoms with Crippen molar-refractivity contribution in [3.05, 3.63) is 0 Å². The summed E-state index contributed by atoms with van der Waals surface area (Å²) in [5, 5.41) is 0. The van der Waals surface area contributed by atoms with E-state index in [1.807, 2.05) is 0 Å². The predicted octanol–water partition coefficient (Wildman–Crippen LogP) is 1.39. The maximum absolute atomic E-state index is 5.49. The third kappa shape index (κ3) is 5.83. The highest BCUT2D eigenvalue weighted by Gasteiger charge is 2.16. The maximum Gasteiger partial charge on any atom is 0.0110 e. The van der Waals surface area contributed by atoms with Gasteiger partial charge in [-0.3, -0.25) is 0 Å². The van der Waals surface area contributed by atoms with Crippen molar-refractivity contribution in [2.24, 2.45) is 11.7 Å². The largest absolute Gasteiger partial charge is 0.330 e. The van der Waals surface area contributed by atoms with Crippen LogP contribution >= 0.6 is 0 Å². The van der Waals surface area contributed by atoms with E-state index in [1.54, 1.807) is 0 Å². The molecule has 1 aliphatic heterocycles. The highest BCUT2D eigenvalue weighted by Crippen LogP contribution is 2.06. The van der Waals surface area contributed by atoms with Gasteiger partial charge in [-0.25, -0.2) is 0 Å². The topological polar surface area (TPSA) is 32.5 Å². The Kier molecular flexibility index (Phi) is 7.01. The molecule has 3 nitrogen and oxygen atoms in total. The van der Waals surface area contributed by atoms with E-state index in [2.05, 4.69) is 23.6 Å². The van der Waals surface area contributed by atoms with Crippen LogP contribution in [0.3, 0.4) is 0 Å². The molecule has 0 spiro atoms. The zero-order chi connectivity index (χ0) is 11.8. The van der Waals surface area contributed by atoms with Gasteiger partial charge in [0.1, 0.15) is 0 Å². The van der Waals surface area contributed by atoms with Crippen molar-refractivity contribution < 1.29 is 0 Å². The molecule has 0 aromatic carbocycles. The summed E-state index contributed by atoms with van der Waals surface area (Å²) in [6.45, 7) is 13.0. The van der Waals surface area contributed by atoms with Crippen LogP contribution in [0.15, 0.2) is 0 Å². The van der Waals surface area contributed by atoms with Gasteiger partial charge in [0.2, 0.25) is 0 Å². The molecule has 3 heteroatoms. The van der Waals surface area contributed by atoms with Crippen LogP contribution in [0.1, 0.15) is 33.1 Å². The summed E-state index contributed by atoms with van der Waals surface area (Å²) in [6, 6.07) is 0. The molecule has 0 aliphatic carbocycles. The number of piperazine rings is 1. The molecule has 0 aromatic heterocycles. The Labute approximate surface area is 101 Å². The van der Waals surface area contributed by atoms with Crippen molar-refractivity contribution in [2.45, 2.75) is 33.1 Å². The fraction of sp³-hybridized carbons (Fsp3) is 1.00. The van der Waals surface area contributed by atoms with Crippen molar-refractivity contribution >= 4 is 0 Å². The summed E-state index contributed by atoms with van der Waals surface area (Å²) in [6.07, 6.45) is 3.80. The van der Waals surface area contributed by atoms with E-state index in [0.29, 0.717) is 0 Å². The van der Waals surface area contributed by atoms with Crippen molar-refractivity contribution in [1.29, 1.82) is 0 Å². The third-order valence-corrected chi connectivity index (χ3v) is 3.27. The summed E-state index contributed by atoms with van der Waals surface area (Å²) >= 11 is 0. The van der Waals surface area contributed by atoms with Crippen LogP contribution < -0.4 is 5.73 Å². The van der Waals surface area contributed by atoms with Crippen molar-refractivity contribution in [1.82, 2.24) is 9.80 Å². The Bertz CT molecular complexity index is 163. The minimum Gasteiger partial charge on any atom is -0.330 e. The van der Waals surface area contributed by atoms with E-state index in [9.17, 15) is 0 Å². The Morgan fingerprint density at radius 3 is 2.12 bits per heavy atom.